The maximum Gasteiger partial charge on any atom is 0.249 e. The number of methoxy groups -OCH3 is 1. The molecule has 1 aromatic rings. The first kappa shape index (κ1) is 14.3. The van der Waals surface area contributed by atoms with Crippen molar-refractivity contribution in [2.24, 2.45) is 5.84 Å². The molecule has 1 aromatic heterocycles. The van der Waals surface area contributed by atoms with E-state index in [0.717, 1.165) is 36.8 Å². The molecule has 1 aliphatic rings. The maximum absolute atomic E-state index is 11.7. The number of aryl methyl sites for hydroxylation is 1. The van der Waals surface area contributed by atoms with Crippen molar-refractivity contribution in [3.63, 3.8) is 0 Å². The van der Waals surface area contributed by atoms with Crippen LogP contribution in [0.1, 0.15) is 25.1 Å². The molecule has 1 amide bonds. The lowest BCUT2D eigenvalue weighted by atomic mass is 10.2. The lowest BCUT2D eigenvalue weighted by Gasteiger charge is -2.14. The third kappa shape index (κ3) is 3.46. The zero-order valence-electron chi connectivity index (χ0n) is 11.0. The molecule has 106 valence electrons. The number of nitrogens with one attached hydrogen (secondary N) is 1. The number of aromatic nitrogens is 3. The summed E-state index contributed by atoms with van der Waals surface area (Å²) in [6.45, 7) is 1.20. The average molecular weight is 285 g/mol. The van der Waals surface area contributed by atoms with Crippen LogP contribution in [0.3, 0.4) is 0 Å². The normalized spacial score (nSPS) is 16.5. The number of thioether (sulfide) groups is 1. The molecule has 0 aliphatic carbocycles. The lowest BCUT2D eigenvalue weighted by molar-refractivity contribution is -0.121. The minimum atomic E-state index is -0.411. The largest absolute Gasteiger partial charge is 0.383 e. The van der Waals surface area contributed by atoms with Crippen molar-refractivity contribution >= 4 is 17.7 Å². The third-order valence-electron chi connectivity index (χ3n) is 3.08. The van der Waals surface area contributed by atoms with Crippen LogP contribution >= 0.6 is 11.8 Å². The van der Waals surface area contributed by atoms with Gasteiger partial charge >= 0.3 is 0 Å². The Labute approximate surface area is 116 Å². The molecular weight excluding hydrogens is 266 g/mol. The van der Waals surface area contributed by atoms with Crippen LogP contribution in [0.2, 0.25) is 0 Å². The summed E-state index contributed by atoms with van der Waals surface area (Å²) in [6, 6.07) is 0. The van der Waals surface area contributed by atoms with E-state index in [0.29, 0.717) is 0 Å². The highest BCUT2D eigenvalue weighted by Crippen LogP contribution is 2.25. The fourth-order valence-corrected chi connectivity index (χ4v) is 3.13. The summed E-state index contributed by atoms with van der Waals surface area (Å²) < 4.78 is 7.15. The first-order chi connectivity index (χ1) is 9.26. The number of hydrazine groups is 1. The van der Waals surface area contributed by atoms with Crippen LogP contribution in [0, 0.1) is 0 Å². The number of ether oxygens (including phenoxy) is 1. The zero-order chi connectivity index (χ0) is 13.7. The summed E-state index contributed by atoms with van der Waals surface area (Å²) in [5, 5.41) is 8.74. The highest BCUT2D eigenvalue weighted by molar-refractivity contribution is 8.00. The zero-order valence-corrected chi connectivity index (χ0v) is 11.8. The van der Waals surface area contributed by atoms with Crippen LogP contribution in [-0.4, -0.2) is 39.6 Å². The highest BCUT2D eigenvalue weighted by Gasteiger charge is 2.23. The molecule has 8 heteroatoms. The van der Waals surface area contributed by atoms with Crippen molar-refractivity contribution in [1.29, 1.82) is 0 Å². The highest BCUT2D eigenvalue weighted by atomic mass is 32.2. The van der Waals surface area contributed by atoms with E-state index in [1.54, 1.807) is 7.11 Å². The molecule has 0 spiro atoms. The van der Waals surface area contributed by atoms with Crippen LogP contribution in [-0.2, 0) is 22.5 Å². The third-order valence-corrected chi connectivity index (χ3v) is 4.22. The second kappa shape index (κ2) is 6.88. The Hall–Kier alpha value is -1.12. The number of carbonyl (C=O) groups is 1. The molecule has 0 radical (unpaired) electrons. The molecule has 0 saturated heterocycles. The van der Waals surface area contributed by atoms with Gasteiger partial charge in [0.25, 0.3) is 0 Å². The number of hydrogen-bond donors (Lipinski definition) is 2. The number of amides is 1. The minimum absolute atomic E-state index is 0.266. The van der Waals surface area contributed by atoms with Crippen molar-refractivity contribution < 1.29 is 9.53 Å². The smallest absolute Gasteiger partial charge is 0.249 e. The van der Waals surface area contributed by atoms with Gasteiger partial charge in [0.05, 0.1) is 6.61 Å². The Morgan fingerprint density at radius 1 is 1.53 bits per heavy atom. The van der Waals surface area contributed by atoms with E-state index in [-0.39, 0.29) is 12.5 Å². The Balaban J connectivity index is 2.12. The van der Waals surface area contributed by atoms with Crippen molar-refractivity contribution in [3.8, 4) is 0 Å². The van der Waals surface area contributed by atoms with E-state index in [1.807, 2.05) is 0 Å². The fraction of sp³-hybridized carbons (Fsp3) is 0.727. The number of nitrogens with zero attached hydrogens (tertiary/aromatic N) is 3. The first-order valence-corrected chi connectivity index (χ1v) is 7.22. The predicted molar refractivity (Wildman–Crippen MR) is 71.4 cm³/mol. The molecule has 19 heavy (non-hydrogen) atoms. The van der Waals surface area contributed by atoms with Gasteiger partial charge < -0.3 is 9.30 Å². The van der Waals surface area contributed by atoms with Crippen LogP contribution in [0.15, 0.2) is 5.16 Å². The van der Waals surface area contributed by atoms with Gasteiger partial charge in [-0.05, 0) is 12.8 Å². The molecule has 1 atom stereocenters. The molecule has 0 bridgehead atoms. The summed E-state index contributed by atoms with van der Waals surface area (Å²) in [4.78, 5) is 11.7. The summed E-state index contributed by atoms with van der Waals surface area (Å²) in [7, 11) is 1.56. The molecule has 3 N–H and O–H groups in total. The molecular formula is C11H19N5O2S. The van der Waals surface area contributed by atoms with Crippen LogP contribution in [0.4, 0.5) is 0 Å². The lowest BCUT2D eigenvalue weighted by Crippen LogP contribution is -2.39. The molecule has 7 nitrogen and oxygen atoms in total. The number of hydrogen-bond acceptors (Lipinski definition) is 6. The molecule has 1 aliphatic heterocycles. The average Bonchev–Trinajstić information content (AvgIpc) is 2.65. The number of carbonyl (C=O) groups excluding carboxylic acids is 1. The summed E-state index contributed by atoms with van der Waals surface area (Å²) in [6.07, 6.45) is 4.42. The van der Waals surface area contributed by atoms with Crippen molar-refractivity contribution in [2.75, 3.05) is 13.7 Å². The summed E-state index contributed by atoms with van der Waals surface area (Å²) in [5.74, 6) is 5.92. The Bertz CT molecular complexity index is 437. The second-order valence-corrected chi connectivity index (χ2v) is 5.60. The number of nitrogens with two attached hydrogens (primary N) is 1. The number of rotatable bonds is 5. The molecule has 0 saturated carbocycles. The van der Waals surface area contributed by atoms with E-state index >= 15 is 0 Å². The van der Waals surface area contributed by atoms with E-state index in [4.69, 9.17) is 10.6 Å². The molecule has 2 heterocycles. The van der Waals surface area contributed by atoms with Gasteiger partial charge in [0.15, 0.2) is 5.16 Å². The van der Waals surface area contributed by atoms with Crippen LogP contribution in [0.25, 0.3) is 0 Å². The van der Waals surface area contributed by atoms with Gasteiger partial charge in [-0.3, -0.25) is 10.2 Å². The molecule has 1 unspecified atom stereocenters. The molecule has 0 aromatic carbocycles. The van der Waals surface area contributed by atoms with E-state index in [1.165, 1.54) is 18.2 Å². The summed E-state index contributed by atoms with van der Waals surface area (Å²) >= 11 is 1.35. The van der Waals surface area contributed by atoms with Gasteiger partial charge in [-0.15, -0.1) is 10.2 Å². The second-order valence-electron chi connectivity index (χ2n) is 4.43. The summed E-state index contributed by atoms with van der Waals surface area (Å²) in [5.41, 5.74) is 2.16. The van der Waals surface area contributed by atoms with E-state index < -0.39 is 5.25 Å². The van der Waals surface area contributed by atoms with Gasteiger partial charge in [0.2, 0.25) is 5.91 Å². The Morgan fingerprint density at radius 2 is 2.37 bits per heavy atom. The number of fused-ring (bicyclic) bond motifs is 1. The SMILES string of the molecule is COCC(Sc1nnc2n1CCCCC2)C(=O)NN. The Morgan fingerprint density at radius 3 is 3.11 bits per heavy atom. The monoisotopic (exact) mass is 285 g/mol. The fourth-order valence-electron chi connectivity index (χ4n) is 2.08. The first-order valence-electron chi connectivity index (χ1n) is 6.34. The van der Waals surface area contributed by atoms with Gasteiger partial charge in [-0.1, -0.05) is 18.2 Å². The van der Waals surface area contributed by atoms with Crippen molar-refractivity contribution in [1.82, 2.24) is 20.2 Å². The van der Waals surface area contributed by atoms with Crippen LogP contribution in [0.5, 0.6) is 0 Å². The topological polar surface area (TPSA) is 95.1 Å². The quantitative estimate of drug-likeness (QED) is 0.345. The maximum atomic E-state index is 11.7. The van der Waals surface area contributed by atoms with Gasteiger partial charge in [0.1, 0.15) is 11.1 Å². The molecule has 2 rings (SSSR count). The van der Waals surface area contributed by atoms with E-state index in [2.05, 4.69) is 20.2 Å². The standard InChI is InChI=1S/C11H19N5O2S/c1-18-7-8(10(17)13-12)19-11-15-14-9-5-3-2-4-6-16(9)11/h8H,2-7,12H2,1H3,(H,13,17). The van der Waals surface area contributed by atoms with Crippen molar-refractivity contribution in [3.05, 3.63) is 5.82 Å². The van der Waals surface area contributed by atoms with Crippen molar-refractivity contribution in [2.45, 2.75) is 42.6 Å². The Kier molecular flexibility index (Phi) is 5.17. The minimum Gasteiger partial charge on any atom is -0.383 e. The van der Waals surface area contributed by atoms with Gasteiger partial charge in [-0.2, -0.15) is 0 Å². The van der Waals surface area contributed by atoms with Crippen LogP contribution < -0.4 is 11.3 Å². The predicted octanol–water partition coefficient (Wildman–Crippen LogP) is 0.102. The van der Waals surface area contributed by atoms with Gasteiger partial charge in [-0.25, -0.2) is 5.84 Å². The molecule has 0 fully saturated rings. The van der Waals surface area contributed by atoms with E-state index in [9.17, 15) is 4.79 Å². The van der Waals surface area contributed by atoms with Gasteiger partial charge in [0, 0.05) is 20.1 Å².